The smallest absolute Gasteiger partial charge is 0.0561 e. The lowest BCUT2D eigenvalue weighted by Gasteiger charge is -2.14. The molecule has 2 nitrogen and oxygen atoms in total. The molecule has 0 aliphatic rings. The van der Waals surface area contributed by atoms with Gasteiger partial charge in [0.1, 0.15) is 0 Å². The average Bonchev–Trinajstić information content (AvgIpc) is 3.46. The van der Waals surface area contributed by atoms with Crippen molar-refractivity contribution in [3.8, 4) is 16.8 Å². The molecule has 0 aliphatic heterocycles. The van der Waals surface area contributed by atoms with Gasteiger partial charge < -0.3 is 9.88 Å². The van der Waals surface area contributed by atoms with Crippen molar-refractivity contribution in [1.82, 2.24) is 4.57 Å². The topological polar surface area (TPSA) is 17.0 Å². The largest absolute Gasteiger partial charge is 0.355 e. The first kappa shape index (κ1) is 27.2. The molecule has 0 saturated heterocycles. The van der Waals surface area contributed by atoms with Crippen LogP contribution in [0.15, 0.2) is 176 Å². The van der Waals surface area contributed by atoms with E-state index in [-0.39, 0.29) is 0 Å². The summed E-state index contributed by atoms with van der Waals surface area (Å²) >= 11 is 0. The summed E-state index contributed by atoms with van der Waals surface area (Å²) in [6.07, 6.45) is 0.905. The van der Waals surface area contributed by atoms with E-state index in [9.17, 15) is 0 Å². The zero-order valence-corrected chi connectivity index (χ0v) is 25.9. The molecule has 1 aromatic heterocycles. The molecular formula is C45H32N2. The van der Waals surface area contributed by atoms with Gasteiger partial charge in [0.15, 0.2) is 0 Å². The van der Waals surface area contributed by atoms with E-state index >= 15 is 0 Å². The molecule has 0 bridgehead atoms. The number of nitrogens with zero attached hydrogens (tertiary/aromatic N) is 1. The minimum absolute atomic E-state index is 0.905. The molecule has 0 amide bonds. The number of hydrogen-bond donors (Lipinski definition) is 1. The number of hydrogen-bond acceptors (Lipinski definition) is 1. The van der Waals surface area contributed by atoms with Gasteiger partial charge in [-0.2, -0.15) is 0 Å². The monoisotopic (exact) mass is 600 g/mol. The lowest BCUT2D eigenvalue weighted by molar-refractivity contribution is 1.18. The Bertz CT molecular complexity index is 2540. The molecule has 2 heteroatoms. The summed E-state index contributed by atoms with van der Waals surface area (Å²) in [6.45, 7) is 0. The van der Waals surface area contributed by atoms with Crippen molar-refractivity contribution in [3.63, 3.8) is 0 Å². The van der Waals surface area contributed by atoms with Crippen LogP contribution in [0.1, 0.15) is 11.1 Å². The minimum Gasteiger partial charge on any atom is -0.355 e. The molecule has 0 aliphatic carbocycles. The molecular weight excluding hydrogens is 569 g/mol. The number of nitrogens with one attached hydrogen (secondary N) is 1. The van der Waals surface area contributed by atoms with Gasteiger partial charge >= 0.3 is 0 Å². The second kappa shape index (κ2) is 11.3. The second-order valence-electron chi connectivity index (χ2n) is 12.3. The minimum atomic E-state index is 0.905. The Labute approximate surface area is 274 Å². The van der Waals surface area contributed by atoms with Gasteiger partial charge in [-0.15, -0.1) is 0 Å². The first-order valence-electron chi connectivity index (χ1n) is 16.2. The normalized spacial score (nSPS) is 11.5. The third kappa shape index (κ3) is 4.92. The van der Waals surface area contributed by atoms with Crippen molar-refractivity contribution >= 4 is 54.7 Å². The summed E-state index contributed by atoms with van der Waals surface area (Å²) in [6, 6.07) is 63.5. The Morgan fingerprint density at radius 2 is 1.00 bits per heavy atom. The van der Waals surface area contributed by atoms with Crippen molar-refractivity contribution in [2.75, 3.05) is 5.32 Å². The molecule has 9 rings (SSSR count). The molecule has 0 unspecified atom stereocenters. The van der Waals surface area contributed by atoms with Crippen LogP contribution in [0, 0.1) is 0 Å². The van der Waals surface area contributed by atoms with Crippen molar-refractivity contribution in [3.05, 3.63) is 187 Å². The quantitative estimate of drug-likeness (QED) is 0.188. The van der Waals surface area contributed by atoms with Crippen LogP contribution in [-0.2, 0) is 6.42 Å². The van der Waals surface area contributed by atoms with Crippen molar-refractivity contribution < 1.29 is 0 Å². The van der Waals surface area contributed by atoms with E-state index in [2.05, 4.69) is 186 Å². The number of benzene rings is 8. The standard InChI is InChI=1S/C45H32N2/c1-3-11-31(12-4-1)27-34-28-35-29-36(21-25-40(35)41-16-8-7-15-39(34)41)46-37-22-26-43-42-17-9-10-18-44(42)47(45(43)30-37)38-23-19-33(20-24-38)32-13-5-2-6-14-32/h1-26,28-30,46H,27H2. The van der Waals surface area contributed by atoms with Crippen LogP contribution >= 0.6 is 0 Å². The van der Waals surface area contributed by atoms with Gasteiger partial charge in [0, 0.05) is 27.8 Å². The van der Waals surface area contributed by atoms with Crippen molar-refractivity contribution in [1.29, 1.82) is 0 Å². The fourth-order valence-electron chi connectivity index (χ4n) is 7.16. The van der Waals surface area contributed by atoms with Crippen LogP contribution < -0.4 is 5.32 Å². The molecule has 47 heavy (non-hydrogen) atoms. The molecule has 1 heterocycles. The van der Waals surface area contributed by atoms with Gasteiger partial charge in [-0.3, -0.25) is 0 Å². The first-order valence-corrected chi connectivity index (χ1v) is 16.2. The maximum atomic E-state index is 3.75. The van der Waals surface area contributed by atoms with Crippen LogP contribution in [0.25, 0.3) is 60.2 Å². The number of para-hydroxylation sites is 1. The highest BCUT2D eigenvalue weighted by molar-refractivity contribution is 6.11. The highest BCUT2D eigenvalue weighted by Gasteiger charge is 2.14. The molecule has 0 saturated carbocycles. The fraction of sp³-hybridized carbons (Fsp3) is 0.0222. The Hall–Kier alpha value is -6.12. The molecule has 0 spiro atoms. The fourth-order valence-corrected chi connectivity index (χ4v) is 7.16. The Kier molecular flexibility index (Phi) is 6.57. The van der Waals surface area contributed by atoms with Crippen molar-refractivity contribution in [2.45, 2.75) is 6.42 Å². The van der Waals surface area contributed by atoms with Crippen LogP contribution in [-0.4, -0.2) is 4.57 Å². The van der Waals surface area contributed by atoms with Crippen LogP contribution in [0.2, 0.25) is 0 Å². The third-order valence-corrected chi connectivity index (χ3v) is 9.38. The van der Waals surface area contributed by atoms with Crippen LogP contribution in [0.5, 0.6) is 0 Å². The van der Waals surface area contributed by atoms with Gasteiger partial charge in [-0.25, -0.2) is 0 Å². The Morgan fingerprint density at radius 1 is 0.404 bits per heavy atom. The first-order chi connectivity index (χ1) is 23.3. The van der Waals surface area contributed by atoms with Crippen molar-refractivity contribution in [2.24, 2.45) is 0 Å². The van der Waals surface area contributed by atoms with E-state index in [1.807, 2.05) is 0 Å². The summed E-state index contributed by atoms with van der Waals surface area (Å²) in [4.78, 5) is 0. The van der Waals surface area contributed by atoms with E-state index in [1.165, 1.54) is 65.6 Å². The number of anilines is 2. The zero-order valence-electron chi connectivity index (χ0n) is 25.9. The van der Waals surface area contributed by atoms with Gasteiger partial charge in [0.2, 0.25) is 0 Å². The highest BCUT2D eigenvalue weighted by Crippen LogP contribution is 2.36. The lowest BCUT2D eigenvalue weighted by atomic mass is 9.93. The summed E-state index contributed by atoms with van der Waals surface area (Å²) in [5.41, 5.74) is 10.8. The van der Waals surface area contributed by atoms with E-state index in [0.29, 0.717) is 0 Å². The molecule has 0 atom stereocenters. The van der Waals surface area contributed by atoms with E-state index in [0.717, 1.165) is 23.5 Å². The molecule has 1 N–H and O–H groups in total. The molecule has 222 valence electrons. The van der Waals surface area contributed by atoms with Crippen LogP contribution in [0.3, 0.4) is 0 Å². The Morgan fingerprint density at radius 3 is 1.79 bits per heavy atom. The predicted octanol–water partition coefficient (Wildman–Crippen LogP) is 12.1. The Balaban J connectivity index is 1.12. The van der Waals surface area contributed by atoms with Gasteiger partial charge in [0.05, 0.1) is 11.0 Å². The van der Waals surface area contributed by atoms with Gasteiger partial charge in [-0.05, 0) is 92.7 Å². The van der Waals surface area contributed by atoms with Crippen LogP contribution in [0.4, 0.5) is 11.4 Å². The molecule has 0 fully saturated rings. The molecule has 9 aromatic rings. The summed E-state index contributed by atoms with van der Waals surface area (Å²) in [5.74, 6) is 0. The number of aromatic nitrogens is 1. The predicted molar refractivity (Wildman–Crippen MR) is 200 cm³/mol. The number of rotatable bonds is 6. The maximum absolute atomic E-state index is 3.75. The SMILES string of the molecule is c1ccc(Cc2cc3cc(Nc4ccc5c6ccccc6n(-c6ccc(-c7ccccc7)cc6)c5c4)ccc3c3ccccc23)cc1. The van der Waals surface area contributed by atoms with E-state index < -0.39 is 0 Å². The van der Waals surface area contributed by atoms with Gasteiger partial charge in [-0.1, -0.05) is 133 Å². The highest BCUT2D eigenvalue weighted by atomic mass is 15.0. The molecule has 0 radical (unpaired) electrons. The second-order valence-corrected chi connectivity index (χ2v) is 12.3. The maximum Gasteiger partial charge on any atom is 0.0561 e. The third-order valence-electron chi connectivity index (χ3n) is 9.38. The van der Waals surface area contributed by atoms with E-state index in [4.69, 9.17) is 0 Å². The average molecular weight is 601 g/mol. The summed E-state index contributed by atoms with van der Waals surface area (Å²) < 4.78 is 2.38. The van der Waals surface area contributed by atoms with E-state index in [1.54, 1.807) is 0 Å². The summed E-state index contributed by atoms with van der Waals surface area (Å²) in [7, 11) is 0. The zero-order chi connectivity index (χ0) is 31.2. The van der Waals surface area contributed by atoms with Gasteiger partial charge in [0.25, 0.3) is 0 Å². The molecule has 8 aromatic carbocycles. The lowest BCUT2D eigenvalue weighted by Crippen LogP contribution is -1.96. The summed E-state index contributed by atoms with van der Waals surface area (Å²) in [5, 5.41) is 11.4. The number of fused-ring (bicyclic) bond motifs is 6.